The van der Waals surface area contributed by atoms with Gasteiger partial charge in [-0.15, -0.1) is 11.6 Å². The van der Waals surface area contributed by atoms with Crippen LogP contribution in [0.15, 0.2) is 48.5 Å². The second-order valence-electron chi connectivity index (χ2n) is 7.62. The molecule has 2 heteroatoms. The van der Waals surface area contributed by atoms with Gasteiger partial charge in [0.05, 0.1) is 11.5 Å². The van der Waals surface area contributed by atoms with Crippen molar-refractivity contribution in [3.8, 4) is 17.2 Å². The number of benzene rings is 2. The Balaban J connectivity index is 1.74. The van der Waals surface area contributed by atoms with E-state index in [9.17, 15) is 5.26 Å². The third-order valence-corrected chi connectivity index (χ3v) is 6.07. The number of alkyl halides is 1. The van der Waals surface area contributed by atoms with Crippen molar-refractivity contribution in [3.63, 3.8) is 0 Å². The number of nitrogens with zero attached hydrogens (tertiary/aromatic N) is 1. The van der Waals surface area contributed by atoms with Crippen molar-refractivity contribution in [1.82, 2.24) is 0 Å². The fourth-order valence-corrected chi connectivity index (χ4v) is 4.48. The van der Waals surface area contributed by atoms with Gasteiger partial charge in [0.25, 0.3) is 0 Å². The van der Waals surface area contributed by atoms with Crippen LogP contribution in [-0.2, 0) is 11.8 Å². The standard InChI is InChI=1S/C24H28ClN/c1-2-3-4-6-19-8-10-20(11-9-19)21-12-14-22(15-13-21)24(18-26)16-5-7-23(25)17-24/h8-15,23H,2-7,16-17H2,1H3. The third-order valence-electron chi connectivity index (χ3n) is 5.70. The van der Waals surface area contributed by atoms with E-state index in [0.717, 1.165) is 37.7 Å². The zero-order valence-corrected chi connectivity index (χ0v) is 16.4. The van der Waals surface area contributed by atoms with Crippen LogP contribution in [0.2, 0.25) is 0 Å². The normalized spacial score (nSPS) is 22.7. The summed E-state index contributed by atoms with van der Waals surface area (Å²) in [7, 11) is 0. The van der Waals surface area contributed by atoms with Crippen LogP contribution in [0.25, 0.3) is 11.1 Å². The summed E-state index contributed by atoms with van der Waals surface area (Å²) >= 11 is 6.37. The largest absolute Gasteiger partial charge is 0.197 e. The highest BCUT2D eigenvalue weighted by molar-refractivity contribution is 6.20. The second-order valence-corrected chi connectivity index (χ2v) is 8.24. The van der Waals surface area contributed by atoms with Crippen LogP contribution in [0.1, 0.15) is 63.0 Å². The van der Waals surface area contributed by atoms with Crippen molar-refractivity contribution in [1.29, 1.82) is 5.26 Å². The molecule has 0 aliphatic heterocycles. The van der Waals surface area contributed by atoms with Gasteiger partial charge in [-0.05, 0) is 54.4 Å². The zero-order chi connectivity index (χ0) is 18.4. The molecule has 0 amide bonds. The Morgan fingerprint density at radius 2 is 1.69 bits per heavy atom. The van der Waals surface area contributed by atoms with Crippen molar-refractivity contribution < 1.29 is 0 Å². The molecule has 1 nitrogen and oxygen atoms in total. The van der Waals surface area contributed by atoms with Gasteiger partial charge in [0.1, 0.15) is 0 Å². The molecule has 2 aromatic rings. The molecule has 1 aliphatic rings. The Morgan fingerprint density at radius 3 is 2.27 bits per heavy atom. The SMILES string of the molecule is CCCCCc1ccc(-c2ccc(C3(C#N)CCCC(Cl)C3)cc2)cc1. The molecule has 2 unspecified atom stereocenters. The zero-order valence-electron chi connectivity index (χ0n) is 15.7. The van der Waals surface area contributed by atoms with Crippen molar-refractivity contribution in [2.45, 2.75) is 69.1 Å². The summed E-state index contributed by atoms with van der Waals surface area (Å²) in [6.45, 7) is 2.24. The molecule has 0 N–H and O–H groups in total. The number of aryl methyl sites for hydroxylation is 1. The molecular formula is C24H28ClN. The van der Waals surface area contributed by atoms with Crippen LogP contribution in [-0.4, -0.2) is 5.38 Å². The molecule has 26 heavy (non-hydrogen) atoms. The molecule has 0 radical (unpaired) electrons. The Labute approximate surface area is 163 Å². The fourth-order valence-electron chi connectivity index (χ4n) is 4.06. The van der Waals surface area contributed by atoms with Gasteiger partial charge >= 0.3 is 0 Å². The topological polar surface area (TPSA) is 23.8 Å². The maximum atomic E-state index is 9.81. The molecule has 2 aromatic carbocycles. The summed E-state index contributed by atoms with van der Waals surface area (Å²) in [6.07, 6.45) is 8.72. The first-order chi connectivity index (χ1) is 12.7. The maximum absolute atomic E-state index is 9.81. The lowest BCUT2D eigenvalue weighted by Crippen LogP contribution is -2.31. The predicted molar refractivity (Wildman–Crippen MR) is 111 cm³/mol. The summed E-state index contributed by atoms with van der Waals surface area (Å²) in [4.78, 5) is 0. The lowest BCUT2D eigenvalue weighted by molar-refractivity contribution is 0.371. The predicted octanol–water partition coefficient (Wildman–Crippen LogP) is 7.03. The quantitative estimate of drug-likeness (QED) is 0.398. The molecule has 1 fully saturated rings. The van der Waals surface area contributed by atoms with Crippen molar-refractivity contribution in [2.75, 3.05) is 0 Å². The number of rotatable bonds is 6. The summed E-state index contributed by atoms with van der Waals surface area (Å²) in [5.41, 5.74) is 4.57. The number of nitriles is 1. The van der Waals surface area contributed by atoms with Gasteiger partial charge in [0, 0.05) is 5.38 Å². The van der Waals surface area contributed by atoms with Crippen molar-refractivity contribution >= 4 is 11.6 Å². The number of halogens is 1. The minimum atomic E-state index is -0.410. The van der Waals surface area contributed by atoms with E-state index < -0.39 is 5.41 Å². The highest BCUT2D eigenvalue weighted by Gasteiger charge is 2.37. The van der Waals surface area contributed by atoms with Crippen LogP contribution in [0.3, 0.4) is 0 Å². The fraction of sp³-hybridized carbons (Fsp3) is 0.458. The Kier molecular flexibility index (Phi) is 6.38. The Morgan fingerprint density at radius 1 is 1.04 bits per heavy atom. The van der Waals surface area contributed by atoms with Gasteiger partial charge in [-0.1, -0.05) is 74.7 Å². The first kappa shape index (κ1) is 19.0. The van der Waals surface area contributed by atoms with Crippen molar-refractivity contribution in [3.05, 3.63) is 59.7 Å². The lowest BCUT2D eigenvalue weighted by atomic mass is 9.70. The van der Waals surface area contributed by atoms with Gasteiger partial charge in [0.2, 0.25) is 0 Å². The second kappa shape index (κ2) is 8.74. The van der Waals surface area contributed by atoms with E-state index >= 15 is 0 Å². The molecule has 0 heterocycles. The summed E-state index contributed by atoms with van der Waals surface area (Å²) in [5, 5.41) is 9.92. The molecule has 3 rings (SSSR count). The summed E-state index contributed by atoms with van der Waals surface area (Å²) < 4.78 is 0. The van der Waals surface area contributed by atoms with Crippen LogP contribution in [0, 0.1) is 11.3 Å². The molecule has 1 saturated carbocycles. The highest BCUT2D eigenvalue weighted by Crippen LogP contribution is 2.41. The summed E-state index contributed by atoms with van der Waals surface area (Å²) in [6, 6.07) is 20.0. The summed E-state index contributed by atoms with van der Waals surface area (Å²) in [5.74, 6) is 0. The minimum Gasteiger partial charge on any atom is -0.197 e. The monoisotopic (exact) mass is 365 g/mol. The molecular weight excluding hydrogens is 338 g/mol. The third kappa shape index (κ3) is 4.30. The first-order valence-corrected chi connectivity index (χ1v) is 10.4. The van der Waals surface area contributed by atoms with Gasteiger partial charge in [0.15, 0.2) is 0 Å². The molecule has 1 aliphatic carbocycles. The van der Waals surface area contributed by atoms with Gasteiger partial charge < -0.3 is 0 Å². The highest BCUT2D eigenvalue weighted by atomic mass is 35.5. The smallest absolute Gasteiger partial charge is 0.0836 e. The van der Waals surface area contributed by atoms with Crippen LogP contribution in [0.4, 0.5) is 0 Å². The molecule has 0 aromatic heterocycles. The molecule has 136 valence electrons. The van der Waals surface area contributed by atoms with Gasteiger partial charge in [-0.3, -0.25) is 0 Å². The van der Waals surface area contributed by atoms with Crippen molar-refractivity contribution in [2.24, 2.45) is 0 Å². The average Bonchev–Trinajstić information content (AvgIpc) is 2.69. The average molecular weight is 366 g/mol. The Bertz CT molecular complexity index is 741. The van der Waals surface area contributed by atoms with E-state index in [1.807, 2.05) is 0 Å². The first-order valence-electron chi connectivity index (χ1n) is 9.92. The molecule has 2 atom stereocenters. The van der Waals surface area contributed by atoms with E-state index in [0.29, 0.717) is 0 Å². The van der Waals surface area contributed by atoms with Gasteiger partial charge in [-0.2, -0.15) is 5.26 Å². The molecule has 0 spiro atoms. The minimum absolute atomic E-state index is 0.114. The number of hydrogen-bond donors (Lipinski definition) is 0. The number of hydrogen-bond acceptors (Lipinski definition) is 1. The molecule has 0 saturated heterocycles. The maximum Gasteiger partial charge on any atom is 0.0836 e. The van der Waals surface area contributed by atoms with E-state index in [2.05, 4.69) is 61.5 Å². The van der Waals surface area contributed by atoms with Crippen LogP contribution < -0.4 is 0 Å². The van der Waals surface area contributed by atoms with Crippen LogP contribution in [0.5, 0.6) is 0 Å². The van der Waals surface area contributed by atoms with E-state index in [-0.39, 0.29) is 5.38 Å². The Hall–Kier alpha value is -1.78. The number of unbranched alkanes of at least 4 members (excludes halogenated alkanes) is 2. The molecule has 0 bridgehead atoms. The van der Waals surface area contributed by atoms with E-state index in [1.165, 1.54) is 36.0 Å². The van der Waals surface area contributed by atoms with E-state index in [1.54, 1.807) is 0 Å². The van der Waals surface area contributed by atoms with Crippen LogP contribution >= 0.6 is 11.6 Å². The van der Waals surface area contributed by atoms with E-state index in [4.69, 9.17) is 11.6 Å². The van der Waals surface area contributed by atoms with Gasteiger partial charge in [-0.25, -0.2) is 0 Å². The lowest BCUT2D eigenvalue weighted by Gasteiger charge is -2.33.